The Hall–Kier alpha value is 1.86. The van der Waals surface area contributed by atoms with E-state index in [4.69, 9.17) is 0 Å². The summed E-state index contributed by atoms with van der Waals surface area (Å²) in [7, 11) is 0. The molecule has 12 heteroatoms. The second-order valence-electron chi connectivity index (χ2n) is 5.55. The van der Waals surface area contributed by atoms with Crippen molar-refractivity contribution in [3.05, 3.63) is 88.3 Å². The van der Waals surface area contributed by atoms with Crippen molar-refractivity contribution in [2.24, 2.45) is 0 Å². The Bertz CT molecular complexity index is 988. The highest BCUT2D eigenvalue weighted by atomic mass is 32.2. The zero-order chi connectivity index (χ0) is 19.9. The Kier molecular flexibility index (Phi) is 7.62. The van der Waals surface area contributed by atoms with Crippen LogP contribution < -0.4 is 0 Å². The van der Waals surface area contributed by atoms with Crippen LogP contribution in [-0.2, 0) is 0 Å². The van der Waals surface area contributed by atoms with Crippen LogP contribution in [0.5, 0.6) is 0 Å². The van der Waals surface area contributed by atoms with Crippen LogP contribution in [-0.4, -0.2) is 0 Å². The summed E-state index contributed by atoms with van der Waals surface area (Å²) in [6, 6.07) is 0. The van der Waals surface area contributed by atoms with Crippen LogP contribution in [0.2, 0.25) is 0 Å². The van der Waals surface area contributed by atoms with Crippen LogP contribution in [0.15, 0.2) is 88.3 Å². The smallest absolute Gasteiger partial charge is 0.0700 e. The van der Waals surface area contributed by atoms with Crippen LogP contribution in [0.4, 0.5) is 0 Å². The van der Waals surface area contributed by atoms with E-state index < -0.39 is 0 Å². The fraction of sp³-hybridized carbons (Fsp3) is 0. The van der Waals surface area contributed by atoms with Crippen molar-refractivity contribution < 1.29 is 0 Å². The Balaban J connectivity index is 1.08. The molecule has 0 unspecified atom stereocenters. The monoisotopic (exact) mass is 608 g/mol. The molecule has 6 rings (SSSR count). The predicted octanol–water partition coefficient (Wildman–Crippen LogP) is 11.6. The Morgan fingerprint density at radius 3 is 0.867 bits per heavy atom. The molecule has 6 aliphatic heterocycles. The predicted molar refractivity (Wildman–Crippen MR) is 163 cm³/mol. The number of hydrogen-bond acceptors (Lipinski definition) is 12. The molecule has 0 saturated heterocycles. The zero-order valence-electron chi connectivity index (χ0n) is 14.5. The summed E-state index contributed by atoms with van der Waals surface area (Å²) in [6.45, 7) is 0. The molecule has 6 aliphatic rings. The minimum atomic E-state index is 1.39. The van der Waals surface area contributed by atoms with E-state index in [1.54, 1.807) is 0 Å². The Labute approximate surface area is 226 Å². The first-order chi connectivity index (χ1) is 14.8. The summed E-state index contributed by atoms with van der Waals surface area (Å²) in [5.41, 5.74) is 0. The van der Waals surface area contributed by atoms with Gasteiger partial charge in [-0.3, -0.25) is 0 Å². The molecular formula is C18H8S12. The van der Waals surface area contributed by atoms with E-state index in [9.17, 15) is 0 Å². The molecule has 0 amide bonds. The van der Waals surface area contributed by atoms with E-state index in [1.807, 2.05) is 141 Å². The molecule has 0 aromatic rings. The van der Waals surface area contributed by atoms with E-state index in [0.717, 1.165) is 0 Å². The third kappa shape index (κ3) is 4.82. The standard InChI is InChI=1S/C18H8S12/c1-2-20-13(19-1)15-23-5-9(27-15)11-7-25-17(29-11)18-26-8-12(30-18)10-6-24-16(28-10)14-21-3-4-22-14/h1-8H/b18-17-. The molecule has 0 atom stereocenters. The lowest BCUT2D eigenvalue weighted by molar-refractivity contribution is 1.96. The van der Waals surface area contributed by atoms with Crippen molar-refractivity contribution in [3.63, 3.8) is 0 Å². The van der Waals surface area contributed by atoms with Gasteiger partial charge in [-0.1, -0.05) is 141 Å². The average molecular weight is 609 g/mol. The molecule has 0 fully saturated rings. The molecular weight excluding hydrogens is 601 g/mol. The van der Waals surface area contributed by atoms with E-state index >= 15 is 0 Å². The average Bonchev–Trinajstić information content (AvgIpc) is 3.62. The second kappa shape index (κ2) is 10.2. The number of thioether (sulfide) groups is 12. The van der Waals surface area contributed by atoms with Crippen molar-refractivity contribution in [2.45, 2.75) is 0 Å². The highest BCUT2D eigenvalue weighted by molar-refractivity contribution is 8.37. The second-order valence-corrected chi connectivity index (χ2v) is 18.5. The van der Waals surface area contributed by atoms with E-state index in [0.29, 0.717) is 0 Å². The molecule has 0 spiro atoms. The van der Waals surface area contributed by atoms with Crippen LogP contribution in [0.3, 0.4) is 0 Å². The number of rotatable bonds is 2. The summed E-state index contributed by atoms with van der Waals surface area (Å²) in [6.07, 6.45) is 0. The lowest BCUT2D eigenvalue weighted by Gasteiger charge is -2.05. The normalized spacial score (nSPS) is 28.3. The van der Waals surface area contributed by atoms with Crippen molar-refractivity contribution in [2.75, 3.05) is 0 Å². The minimum Gasteiger partial charge on any atom is -0.0884 e. The van der Waals surface area contributed by atoms with Gasteiger partial charge in [0.15, 0.2) is 0 Å². The van der Waals surface area contributed by atoms with Crippen molar-refractivity contribution >= 4 is 141 Å². The summed E-state index contributed by atoms with van der Waals surface area (Å²) in [5, 5.41) is 18.0. The molecule has 6 heterocycles. The van der Waals surface area contributed by atoms with Crippen LogP contribution in [0.1, 0.15) is 0 Å². The Morgan fingerprint density at radius 2 is 0.567 bits per heavy atom. The molecule has 0 N–H and O–H groups in total. The van der Waals surface area contributed by atoms with Gasteiger partial charge in [0, 0.05) is 19.6 Å². The molecule has 0 bridgehead atoms. The number of hydrogen-bond donors (Lipinski definition) is 0. The summed E-state index contributed by atoms with van der Waals surface area (Å²) in [4.78, 5) is 5.58. The first kappa shape index (κ1) is 22.3. The highest BCUT2D eigenvalue weighted by Crippen LogP contribution is 2.64. The van der Waals surface area contributed by atoms with Gasteiger partial charge in [0.25, 0.3) is 0 Å². The van der Waals surface area contributed by atoms with Gasteiger partial charge in [0.1, 0.15) is 0 Å². The third-order valence-corrected chi connectivity index (χ3v) is 19.4. The molecule has 0 nitrogen and oxygen atoms in total. The lowest BCUT2D eigenvalue weighted by Crippen LogP contribution is -1.75. The van der Waals surface area contributed by atoms with Crippen LogP contribution in [0, 0.1) is 0 Å². The van der Waals surface area contributed by atoms with Gasteiger partial charge in [-0.15, -0.1) is 0 Å². The molecule has 0 aliphatic carbocycles. The van der Waals surface area contributed by atoms with Gasteiger partial charge < -0.3 is 0 Å². The fourth-order valence-electron chi connectivity index (χ4n) is 2.42. The van der Waals surface area contributed by atoms with Gasteiger partial charge in [0.2, 0.25) is 0 Å². The summed E-state index contributed by atoms with van der Waals surface area (Å²) < 4.78 is 8.53. The van der Waals surface area contributed by atoms with Gasteiger partial charge in [-0.05, 0) is 43.3 Å². The topological polar surface area (TPSA) is 0 Å². The van der Waals surface area contributed by atoms with Gasteiger partial charge >= 0.3 is 0 Å². The quantitative estimate of drug-likeness (QED) is 0.293. The van der Waals surface area contributed by atoms with Crippen molar-refractivity contribution in [1.29, 1.82) is 0 Å². The Morgan fingerprint density at radius 1 is 0.300 bits per heavy atom. The fourth-order valence-corrected chi connectivity index (χ4v) is 16.7. The van der Waals surface area contributed by atoms with Gasteiger partial charge in [-0.25, -0.2) is 0 Å². The highest BCUT2D eigenvalue weighted by Gasteiger charge is 2.29. The molecule has 0 saturated carbocycles. The zero-order valence-corrected chi connectivity index (χ0v) is 24.3. The molecule has 152 valence electrons. The SMILES string of the molecule is C1=CSC(=C2SC=C(C3=CS/C(=C4\SC=C(C5=CSC(=C6SC=CS6)S5)S4)S3)S2)S1. The first-order valence-corrected chi connectivity index (χ1v) is 18.5. The first-order valence-electron chi connectivity index (χ1n) is 8.22. The van der Waals surface area contributed by atoms with E-state index in [1.165, 1.54) is 45.0 Å². The minimum absolute atomic E-state index is 1.39. The third-order valence-electron chi connectivity index (χ3n) is 3.70. The van der Waals surface area contributed by atoms with Gasteiger partial charge in [-0.2, -0.15) is 0 Å². The van der Waals surface area contributed by atoms with Gasteiger partial charge in [0.05, 0.1) is 25.4 Å². The van der Waals surface area contributed by atoms with Crippen LogP contribution >= 0.6 is 141 Å². The maximum atomic E-state index is 2.33. The van der Waals surface area contributed by atoms with Crippen molar-refractivity contribution in [1.82, 2.24) is 0 Å². The largest absolute Gasteiger partial charge is 0.0884 e. The molecule has 0 aromatic carbocycles. The maximum absolute atomic E-state index is 2.33. The lowest BCUT2D eigenvalue weighted by atomic mass is 10.6. The van der Waals surface area contributed by atoms with Crippen molar-refractivity contribution in [3.8, 4) is 0 Å². The van der Waals surface area contributed by atoms with E-state index in [2.05, 4.69) is 43.3 Å². The summed E-state index contributed by atoms with van der Waals surface area (Å²) in [5.74, 6) is 0. The summed E-state index contributed by atoms with van der Waals surface area (Å²) >= 11 is 22.6. The molecule has 0 radical (unpaired) electrons. The molecule has 0 aromatic heterocycles. The maximum Gasteiger partial charge on any atom is 0.0700 e. The van der Waals surface area contributed by atoms with Crippen LogP contribution in [0.25, 0.3) is 0 Å². The molecule has 30 heavy (non-hydrogen) atoms. The van der Waals surface area contributed by atoms with E-state index in [-0.39, 0.29) is 0 Å².